The van der Waals surface area contributed by atoms with Gasteiger partial charge in [-0.3, -0.25) is 14.6 Å². The van der Waals surface area contributed by atoms with Crippen molar-refractivity contribution in [3.63, 3.8) is 0 Å². The van der Waals surface area contributed by atoms with E-state index in [0.717, 1.165) is 63.3 Å². The first-order valence-electron chi connectivity index (χ1n) is 25.6. The van der Waals surface area contributed by atoms with Crippen molar-refractivity contribution in [2.45, 2.75) is 69.0 Å². The van der Waals surface area contributed by atoms with Gasteiger partial charge in [0.15, 0.2) is 5.75 Å². The summed E-state index contributed by atoms with van der Waals surface area (Å²) in [4.78, 5) is 36.1. The maximum absolute atomic E-state index is 15.0. The predicted molar refractivity (Wildman–Crippen MR) is 287 cm³/mol. The van der Waals surface area contributed by atoms with Crippen LogP contribution >= 0.6 is 0 Å². The van der Waals surface area contributed by atoms with Crippen LogP contribution in [0.5, 0.6) is 23.1 Å². The first-order valence-corrected chi connectivity index (χ1v) is 27.0. The molecule has 3 aromatic heterocycles. The summed E-state index contributed by atoms with van der Waals surface area (Å²) < 4.78 is 69.1. The number of imidazole rings is 1. The minimum absolute atomic E-state index is 0.000293. The lowest BCUT2D eigenvalue weighted by Crippen LogP contribution is -2.54. The van der Waals surface area contributed by atoms with Crippen LogP contribution in [0.25, 0.3) is 22.1 Å². The second-order valence-corrected chi connectivity index (χ2v) is 21.6. The van der Waals surface area contributed by atoms with Crippen LogP contribution in [0.3, 0.4) is 0 Å². The quantitative estimate of drug-likeness (QED) is 0.0629. The molecule has 1 amide bonds. The molecule has 10 rings (SSSR count). The Morgan fingerprint density at radius 3 is 2.45 bits per heavy atom. The Hall–Kier alpha value is -6.97. The number of sulfonamides is 1. The van der Waals surface area contributed by atoms with Crippen molar-refractivity contribution < 1.29 is 36.6 Å². The molecule has 1 unspecified atom stereocenters. The summed E-state index contributed by atoms with van der Waals surface area (Å²) in [5.74, 6) is -0.119. The van der Waals surface area contributed by atoms with E-state index >= 15 is 4.39 Å². The number of ether oxygens (including phenoxy) is 4. The average molecular weight is 1040 g/mol. The van der Waals surface area contributed by atoms with E-state index in [4.69, 9.17) is 18.9 Å². The third-order valence-corrected chi connectivity index (χ3v) is 16.3. The largest absolute Gasteiger partial charge is 0.758 e. The maximum Gasteiger partial charge on any atom is 0.268 e. The molecule has 0 bridgehead atoms. The molecule has 4 N–H and O–H groups in total. The predicted octanol–water partition coefficient (Wildman–Crippen LogP) is 8.93. The van der Waals surface area contributed by atoms with Crippen LogP contribution in [-0.4, -0.2) is 124 Å². The standard InChI is InChI=1S/C55H64FN10O8S/c1-34(2)40-8-6-7-9-41(40)46-32-64(31-36-10-13-39(71-4)14-11-36)22-23-66(46)37-16-20-65(21-17-37)38-12-15-42(47(26-38)74-48-27-43-44(56)30-58-53(43)61-55(48)72-5)54(67)62-75(69,70)49-28-45(63(3)68)50(52-51(49)59-33-60-52)57-29-35-18-24-73-25-19-35/h6-15,26-28,30,33-35,37,46,57H,16-25,29,31-32H2,1-5H3,(H,58,61)(H,59,60)(H,62,67)/q-1. The van der Waals surface area contributed by atoms with Gasteiger partial charge in [0.2, 0.25) is 0 Å². The molecule has 3 saturated heterocycles. The molecule has 3 fully saturated rings. The number of aromatic nitrogens is 4. The average Bonchev–Trinajstić information content (AvgIpc) is 4.07. The molecule has 75 heavy (non-hydrogen) atoms. The van der Waals surface area contributed by atoms with Gasteiger partial charge in [-0.05, 0) is 91.6 Å². The number of nitrogens with one attached hydrogen (secondary N) is 4. The number of carbonyl (C=O) groups is 1. The van der Waals surface area contributed by atoms with E-state index < -0.39 is 21.7 Å². The molecule has 3 aliphatic heterocycles. The van der Waals surface area contributed by atoms with Crippen molar-refractivity contribution in [3.8, 4) is 23.1 Å². The Morgan fingerprint density at radius 2 is 1.72 bits per heavy atom. The highest BCUT2D eigenvalue weighted by molar-refractivity contribution is 7.90. The molecule has 4 aromatic carbocycles. The maximum atomic E-state index is 15.0. The normalized spacial score (nSPS) is 17.4. The van der Waals surface area contributed by atoms with Crippen LogP contribution in [-0.2, 0) is 21.3 Å². The number of aromatic amines is 2. The summed E-state index contributed by atoms with van der Waals surface area (Å²) >= 11 is 0. The molecule has 0 saturated carbocycles. The Bertz CT molecular complexity index is 3260. The highest BCUT2D eigenvalue weighted by atomic mass is 32.2. The van der Waals surface area contributed by atoms with Crippen molar-refractivity contribution >= 4 is 55.1 Å². The van der Waals surface area contributed by atoms with Crippen LogP contribution < -0.4 is 34.2 Å². The van der Waals surface area contributed by atoms with Crippen molar-refractivity contribution in [2.75, 3.05) is 89.0 Å². The van der Waals surface area contributed by atoms with E-state index in [0.29, 0.717) is 61.1 Å². The lowest BCUT2D eigenvalue weighted by Gasteiger charge is -2.48. The molecular weight excluding hydrogens is 980 g/mol. The van der Waals surface area contributed by atoms with Crippen LogP contribution in [0, 0.1) is 16.9 Å². The van der Waals surface area contributed by atoms with Crippen molar-refractivity contribution in [1.82, 2.24) is 34.5 Å². The first-order chi connectivity index (χ1) is 36.3. The zero-order chi connectivity index (χ0) is 52.4. The Labute approximate surface area is 436 Å². The number of H-pyrrole nitrogens is 2. The van der Waals surface area contributed by atoms with Gasteiger partial charge in [-0.15, -0.1) is 0 Å². The third-order valence-electron chi connectivity index (χ3n) is 14.9. The van der Waals surface area contributed by atoms with Crippen LogP contribution in [0.1, 0.15) is 78.5 Å². The number of hydrogen-bond donors (Lipinski definition) is 4. The van der Waals surface area contributed by atoms with Gasteiger partial charge in [0.25, 0.3) is 21.8 Å². The number of benzene rings is 4. The number of hydroxylamine groups is 1. The van der Waals surface area contributed by atoms with Gasteiger partial charge in [-0.25, -0.2) is 22.5 Å². The Balaban J connectivity index is 0.923. The number of anilines is 3. The van der Waals surface area contributed by atoms with Gasteiger partial charge in [-0.1, -0.05) is 50.2 Å². The Kier molecular flexibility index (Phi) is 15.2. The molecule has 0 spiro atoms. The number of piperazine rings is 1. The number of nitrogens with zero attached hydrogens (tertiary/aromatic N) is 6. The number of fused-ring (bicyclic) bond motifs is 2. The molecule has 18 nitrogen and oxygen atoms in total. The summed E-state index contributed by atoms with van der Waals surface area (Å²) in [7, 11) is -0.356. The number of piperidine rings is 1. The van der Waals surface area contributed by atoms with E-state index in [2.05, 4.69) is 94.9 Å². The SMILES string of the molecule is COc1ccc(CN2CCN(C3CCN(c4ccc(C(=O)NS(=O)(=O)c5cc(N(C)[O-])c(NCC6CCOCC6)c6[nH]cnc56)c(Oc5cc6c(F)c[nH]c6nc5OC)c4)CC3)C(c3ccccc3C(C)C)C2)cc1. The second-order valence-electron chi connectivity index (χ2n) is 19.9. The van der Waals surface area contributed by atoms with Crippen molar-refractivity contribution in [3.05, 3.63) is 125 Å². The fraction of sp³-hybridized carbons (Fsp3) is 0.400. The molecule has 396 valence electrons. The van der Waals surface area contributed by atoms with E-state index in [-0.39, 0.29) is 62.0 Å². The molecule has 20 heteroatoms. The fourth-order valence-electron chi connectivity index (χ4n) is 10.9. The van der Waals surface area contributed by atoms with Gasteiger partial charge >= 0.3 is 0 Å². The number of methoxy groups -OCH3 is 2. The molecule has 3 aliphatic rings. The van der Waals surface area contributed by atoms with Crippen molar-refractivity contribution in [1.29, 1.82) is 0 Å². The lowest BCUT2D eigenvalue weighted by molar-refractivity contribution is 0.0271. The highest BCUT2D eigenvalue weighted by Gasteiger charge is 2.37. The molecule has 7 aromatic rings. The topological polar surface area (TPSA) is 206 Å². The van der Waals surface area contributed by atoms with Gasteiger partial charge in [0.05, 0.1) is 48.4 Å². The van der Waals surface area contributed by atoms with Gasteiger partial charge in [0, 0.05) is 95.1 Å². The van der Waals surface area contributed by atoms with Crippen molar-refractivity contribution in [2.24, 2.45) is 5.92 Å². The van der Waals surface area contributed by atoms with Crippen LogP contribution in [0.4, 0.5) is 21.5 Å². The fourth-order valence-corrected chi connectivity index (χ4v) is 12.1. The van der Waals surface area contributed by atoms with Crippen LogP contribution in [0.15, 0.2) is 96.3 Å². The summed E-state index contributed by atoms with van der Waals surface area (Å²) in [5, 5.41) is 17.1. The van der Waals surface area contributed by atoms with E-state index in [9.17, 15) is 18.4 Å². The summed E-state index contributed by atoms with van der Waals surface area (Å²) in [6.45, 7) is 11.2. The van der Waals surface area contributed by atoms with Gasteiger partial charge in [0.1, 0.15) is 33.4 Å². The number of rotatable bonds is 17. The molecule has 0 radical (unpaired) electrons. The van der Waals surface area contributed by atoms with E-state index in [1.807, 2.05) is 12.1 Å². The smallest absolute Gasteiger partial charge is 0.268 e. The number of carbonyl (C=O) groups excluding carboxylic acids is 1. The first kappa shape index (κ1) is 51.5. The molecule has 6 heterocycles. The molecular formula is C55H64FN10O8S-. The number of halogens is 1. The van der Waals surface area contributed by atoms with E-state index in [1.54, 1.807) is 19.2 Å². The second kappa shape index (κ2) is 22.1. The van der Waals surface area contributed by atoms with E-state index in [1.165, 1.54) is 61.6 Å². The lowest BCUT2D eigenvalue weighted by atomic mass is 9.89. The number of hydrogen-bond acceptors (Lipinski definition) is 15. The minimum atomic E-state index is -4.70. The monoisotopic (exact) mass is 1040 g/mol. The third kappa shape index (κ3) is 10.9. The Morgan fingerprint density at radius 1 is 0.947 bits per heavy atom. The van der Waals surface area contributed by atoms with Gasteiger partial charge < -0.3 is 49.4 Å². The number of pyridine rings is 1. The van der Waals surface area contributed by atoms with Gasteiger partial charge in [-0.2, -0.15) is 4.98 Å². The molecule has 1 atom stereocenters. The zero-order valence-corrected chi connectivity index (χ0v) is 43.7. The van der Waals surface area contributed by atoms with Crippen LogP contribution in [0.2, 0.25) is 0 Å². The minimum Gasteiger partial charge on any atom is -0.758 e. The number of amides is 1. The summed E-state index contributed by atoms with van der Waals surface area (Å²) in [6.07, 6.45) is 5.92. The molecule has 0 aliphatic carbocycles. The highest BCUT2D eigenvalue weighted by Crippen LogP contribution is 2.41. The summed E-state index contributed by atoms with van der Waals surface area (Å²) in [5.41, 5.74) is 5.54. The zero-order valence-electron chi connectivity index (χ0n) is 42.9. The summed E-state index contributed by atoms with van der Waals surface area (Å²) in [6, 6.07) is 25.2.